The van der Waals surface area contributed by atoms with E-state index in [0.29, 0.717) is 6.84 Å². The number of hydrogen-bond acceptors (Lipinski definition) is 0. The molecule has 0 N–H and O–H groups in total. The summed E-state index contributed by atoms with van der Waals surface area (Å²) in [5.41, 5.74) is 0.603. The van der Waals surface area contributed by atoms with Gasteiger partial charge in [0.05, 0.1) is 1.43 Å². The lowest BCUT2D eigenvalue weighted by Gasteiger charge is -2.15. The molecular formula is C10H16I2. The van der Waals surface area contributed by atoms with E-state index in [-0.39, 0.29) is 0 Å². The largest absolute Gasteiger partial charge is 0.103 e. The van der Waals surface area contributed by atoms with Crippen LogP contribution in [0.2, 0.25) is 0 Å². The monoisotopic (exact) mass is 390 g/mol. The molecule has 0 heterocycles. The van der Waals surface area contributed by atoms with Crippen molar-refractivity contribution < 1.29 is 0 Å². The maximum atomic E-state index is 3.85. The molecule has 0 aromatic rings. The summed E-state index contributed by atoms with van der Waals surface area (Å²) in [4.78, 5) is 0. The average molecular weight is 390 g/mol. The molecule has 0 aliphatic heterocycles. The fourth-order valence-corrected chi connectivity index (χ4v) is 4.21. The number of rotatable bonds is 5. The van der Waals surface area contributed by atoms with Crippen LogP contribution in [-0.4, -0.2) is 1.43 Å². The maximum absolute atomic E-state index is 3.85. The molecule has 12 heavy (non-hydrogen) atoms. The third-order valence-corrected chi connectivity index (χ3v) is 5.81. The fourth-order valence-electron chi connectivity index (χ4n) is 1.77. The topological polar surface area (TPSA) is 0 Å². The van der Waals surface area contributed by atoms with E-state index in [1.54, 1.807) is 0 Å². The molecule has 1 saturated carbocycles. The van der Waals surface area contributed by atoms with Crippen molar-refractivity contribution >= 4 is 45.2 Å². The molecule has 0 spiro atoms. The van der Waals surface area contributed by atoms with Crippen molar-refractivity contribution in [3.8, 4) is 0 Å². The van der Waals surface area contributed by atoms with Crippen LogP contribution in [0.4, 0.5) is 0 Å². The Balaban J connectivity index is 2.47. The van der Waals surface area contributed by atoms with Crippen LogP contribution in [0.3, 0.4) is 0 Å². The van der Waals surface area contributed by atoms with Gasteiger partial charge in [0, 0.05) is 0 Å². The van der Waals surface area contributed by atoms with Crippen LogP contribution in [0.5, 0.6) is 0 Å². The first-order valence-corrected chi connectivity index (χ1v) is 6.72. The highest BCUT2D eigenvalue weighted by atomic mass is 127. The van der Waals surface area contributed by atoms with Crippen LogP contribution in [0, 0.1) is 5.41 Å². The molecular weight excluding hydrogens is 374 g/mol. The Hall–Kier alpha value is 1.20. The first-order valence-electron chi connectivity index (χ1n) is 4.57. The number of halogens is 2. The van der Waals surface area contributed by atoms with Crippen molar-refractivity contribution in [1.82, 2.24) is 0 Å². The van der Waals surface area contributed by atoms with Gasteiger partial charge in [0.25, 0.3) is 0 Å². The number of alkyl halides is 2. The average Bonchev–Trinajstić information content (AvgIpc) is 2.51. The zero-order valence-corrected chi connectivity index (χ0v) is 11.9. The lowest BCUT2D eigenvalue weighted by molar-refractivity contribution is 0.454. The summed E-state index contributed by atoms with van der Waals surface area (Å²) >= 11 is 5.21. The molecule has 2 heteroatoms. The minimum absolute atomic E-state index is 0.534. The number of unbranched alkanes of at least 4 members (excludes halogenated alkanes) is 1. The third-order valence-electron chi connectivity index (χ3n) is 2.76. The van der Waals surface area contributed by atoms with E-state index >= 15 is 0 Å². The smallest absolute Gasteiger partial charge is 0.0800 e. The predicted octanol–water partition coefficient (Wildman–Crippen LogP) is 4.71. The summed E-state index contributed by atoms with van der Waals surface area (Å²) in [5.74, 6) is 0. The van der Waals surface area contributed by atoms with Gasteiger partial charge in [-0.25, -0.2) is 0 Å². The van der Waals surface area contributed by atoms with Gasteiger partial charge in [-0.1, -0.05) is 71.0 Å². The summed E-state index contributed by atoms with van der Waals surface area (Å²) < 4.78 is 0.534. The molecule has 0 aromatic heterocycles. The standard InChI is InChI=1S/C10H16I2/c1-3-5-7-9(6-4-2)8-10(9,11)12/h4H,2-3,5-8H2,1H3/t9-/m1/s1. The summed E-state index contributed by atoms with van der Waals surface area (Å²) in [5, 5.41) is 0. The first kappa shape index (κ1) is 11.3. The zero-order valence-electron chi connectivity index (χ0n) is 7.58. The normalized spacial score (nSPS) is 31.6. The van der Waals surface area contributed by atoms with Crippen molar-refractivity contribution in [1.29, 1.82) is 0 Å². The lowest BCUT2D eigenvalue weighted by Crippen LogP contribution is -2.07. The molecule has 70 valence electrons. The van der Waals surface area contributed by atoms with E-state index in [9.17, 15) is 0 Å². The second-order valence-corrected chi connectivity index (χ2v) is 9.51. The summed E-state index contributed by atoms with van der Waals surface area (Å²) in [6.07, 6.45) is 8.77. The van der Waals surface area contributed by atoms with Crippen molar-refractivity contribution in [3.05, 3.63) is 12.7 Å². The Kier molecular flexibility index (Phi) is 3.90. The number of hydrogen-bond donors (Lipinski definition) is 0. The molecule has 1 aliphatic carbocycles. The minimum Gasteiger partial charge on any atom is -0.103 e. The van der Waals surface area contributed by atoms with E-state index in [2.05, 4.69) is 64.8 Å². The maximum Gasteiger partial charge on any atom is 0.0800 e. The molecule has 0 bridgehead atoms. The van der Waals surface area contributed by atoms with Crippen molar-refractivity contribution in [2.45, 2.75) is 40.5 Å². The molecule has 0 radical (unpaired) electrons. The molecule has 1 fully saturated rings. The molecule has 0 amide bonds. The molecule has 0 aromatic carbocycles. The van der Waals surface area contributed by atoms with Crippen LogP contribution < -0.4 is 0 Å². The van der Waals surface area contributed by atoms with Gasteiger partial charge in [-0.15, -0.1) is 6.58 Å². The Bertz CT molecular complexity index is 175. The van der Waals surface area contributed by atoms with Crippen LogP contribution in [0.25, 0.3) is 0 Å². The van der Waals surface area contributed by atoms with Crippen molar-refractivity contribution in [2.75, 3.05) is 0 Å². The SMILES string of the molecule is C=CC[C@@]1(CCCC)CC1(I)I. The quantitative estimate of drug-likeness (QED) is 0.363. The first-order chi connectivity index (χ1) is 5.58. The highest BCUT2D eigenvalue weighted by Crippen LogP contribution is 2.71. The van der Waals surface area contributed by atoms with Gasteiger partial charge < -0.3 is 0 Å². The molecule has 0 nitrogen and oxygen atoms in total. The summed E-state index contributed by atoms with van der Waals surface area (Å²) in [6.45, 7) is 6.12. The zero-order chi connectivity index (χ0) is 9.24. The minimum atomic E-state index is 0.534. The Morgan fingerprint density at radius 1 is 1.50 bits per heavy atom. The second-order valence-electron chi connectivity index (χ2n) is 3.76. The molecule has 1 rings (SSSR count). The van der Waals surface area contributed by atoms with Crippen molar-refractivity contribution in [2.24, 2.45) is 5.41 Å². The molecule has 0 unspecified atom stereocenters. The molecule has 1 aliphatic rings. The van der Waals surface area contributed by atoms with Crippen LogP contribution in [-0.2, 0) is 0 Å². The van der Waals surface area contributed by atoms with Gasteiger partial charge in [0.1, 0.15) is 0 Å². The van der Waals surface area contributed by atoms with Gasteiger partial charge in [-0.3, -0.25) is 0 Å². The predicted molar refractivity (Wildman–Crippen MR) is 72.2 cm³/mol. The number of allylic oxidation sites excluding steroid dienone is 1. The van der Waals surface area contributed by atoms with Crippen LogP contribution in [0.1, 0.15) is 39.0 Å². The highest BCUT2D eigenvalue weighted by molar-refractivity contribution is 14.2. The van der Waals surface area contributed by atoms with Crippen molar-refractivity contribution in [3.63, 3.8) is 0 Å². The van der Waals surface area contributed by atoms with Gasteiger partial charge in [-0.05, 0) is 24.7 Å². The lowest BCUT2D eigenvalue weighted by atomic mass is 9.95. The van der Waals surface area contributed by atoms with Gasteiger partial charge in [0.2, 0.25) is 0 Å². The van der Waals surface area contributed by atoms with Gasteiger partial charge in [0.15, 0.2) is 0 Å². The fraction of sp³-hybridized carbons (Fsp3) is 0.800. The van der Waals surface area contributed by atoms with Gasteiger partial charge >= 0.3 is 0 Å². The summed E-state index contributed by atoms with van der Waals surface area (Å²) in [7, 11) is 0. The van der Waals surface area contributed by atoms with E-state index in [1.165, 1.54) is 32.1 Å². The van der Waals surface area contributed by atoms with E-state index in [1.807, 2.05) is 0 Å². The van der Waals surface area contributed by atoms with Crippen LogP contribution >= 0.6 is 45.2 Å². The third kappa shape index (κ3) is 2.16. The van der Waals surface area contributed by atoms with E-state index in [0.717, 1.165) is 0 Å². The second kappa shape index (κ2) is 4.15. The molecule has 0 saturated heterocycles. The summed E-state index contributed by atoms with van der Waals surface area (Å²) in [6, 6.07) is 0. The molecule has 1 atom stereocenters. The van der Waals surface area contributed by atoms with E-state index < -0.39 is 0 Å². The Morgan fingerprint density at radius 3 is 2.42 bits per heavy atom. The highest BCUT2D eigenvalue weighted by Gasteiger charge is 2.62. The Morgan fingerprint density at radius 2 is 2.08 bits per heavy atom. The van der Waals surface area contributed by atoms with Crippen LogP contribution in [0.15, 0.2) is 12.7 Å². The Labute approximate surface area is 103 Å². The van der Waals surface area contributed by atoms with E-state index in [4.69, 9.17) is 0 Å². The van der Waals surface area contributed by atoms with Gasteiger partial charge in [-0.2, -0.15) is 0 Å².